The molecule has 122 valence electrons. The highest BCUT2D eigenvalue weighted by atomic mass is 35.5. The number of ketones is 1. The molecule has 0 N–H and O–H groups in total. The van der Waals surface area contributed by atoms with E-state index in [0.29, 0.717) is 22.6 Å². The topological polar surface area (TPSA) is 52.6 Å². The van der Waals surface area contributed by atoms with Crippen molar-refractivity contribution in [1.29, 1.82) is 0 Å². The number of carbonyl (C=O) groups is 2. The van der Waals surface area contributed by atoms with Crippen LogP contribution in [0.5, 0.6) is 11.5 Å². The highest BCUT2D eigenvalue weighted by molar-refractivity contribution is 6.29. The van der Waals surface area contributed by atoms with E-state index in [1.54, 1.807) is 25.1 Å². The molecule has 1 aliphatic heterocycles. The maximum Gasteiger partial charge on any atom is 0.329 e. The Bertz CT molecular complexity index is 838. The minimum atomic E-state index is -0.756. The summed E-state index contributed by atoms with van der Waals surface area (Å²) in [5.74, 6) is 0.243. The molecule has 5 heteroatoms. The quantitative estimate of drug-likeness (QED) is 0.364. The number of carbonyl (C=O) groups excluding carboxylic acids is 2. The molecule has 0 radical (unpaired) electrons. The SMILES string of the molecule is Cc1c(OC(=O)C(C)Cl)ccc2c1O/C(=C\c1ccccc1)C2=O. The summed E-state index contributed by atoms with van der Waals surface area (Å²) in [6.07, 6.45) is 1.69. The molecule has 24 heavy (non-hydrogen) atoms. The number of allylic oxidation sites excluding steroid dienone is 1. The molecule has 1 aliphatic rings. The minimum absolute atomic E-state index is 0.194. The number of alkyl halides is 1. The summed E-state index contributed by atoms with van der Waals surface area (Å²) in [6, 6.07) is 12.6. The average Bonchev–Trinajstić information content (AvgIpc) is 2.88. The van der Waals surface area contributed by atoms with Crippen molar-refractivity contribution in [3.8, 4) is 11.5 Å². The van der Waals surface area contributed by atoms with E-state index in [1.165, 1.54) is 6.92 Å². The van der Waals surface area contributed by atoms with Crippen LogP contribution in [0.1, 0.15) is 28.4 Å². The summed E-state index contributed by atoms with van der Waals surface area (Å²) in [5, 5.41) is -0.756. The van der Waals surface area contributed by atoms with Crippen molar-refractivity contribution in [1.82, 2.24) is 0 Å². The van der Waals surface area contributed by atoms with Crippen LogP contribution in [0.3, 0.4) is 0 Å². The molecular formula is C19H15ClO4. The summed E-state index contributed by atoms with van der Waals surface area (Å²) in [5.41, 5.74) is 1.91. The molecule has 0 bridgehead atoms. The highest BCUT2D eigenvalue weighted by Gasteiger charge is 2.30. The summed E-state index contributed by atoms with van der Waals surface area (Å²) < 4.78 is 11.0. The Balaban J connectivity index is 1.93. The van der Waals surface area contributed by atoms with Crippen molar-refractivity contribution >= 4 is 29.4 Å². The van der Waals surface area contributed by atoms with Gasteiger partial charge in [0.1, 0.15) is 16.9 Å². The lowest BCUT2D eigenvalue weighted by molar-refractivity contribution is -0.133. The summed E-state index contributed by atoms with van der Waals surface area (Å²) in [7, 11) is 0. The second-order valence-electron chi connectivity index (χ2n) is 5.45. The zero-order valence-corrected chi connectivity index (χ0v) is 14.0. The van der Waals surface area contributed by atoms with E-state index in [-0.39, 0.29) is 11.5 Å². The van der Waals surface area contributed by atoms with Gasteiger partial charge < -0.3 is 9.47 Å². The molecule has 0 saturated heterocycles. The first-order valence-corrected chi connectivity index (χ1v) is 7.89. The molecule has 4 nitrogen and oxygen atoms in total. The molecule has 2 aromatic rings. The molecule has 1 atom stereocenters. The Hall–Kier alpha value is -2.59. The summed E-state index contributed by atoms with van der Waals surface area (Å²) in [6.45, 7) is 3.27. The van der Waals surface area contributed by atoms with Gasteiger partial charge in [-0.2, -0.15) is 0 Å². The van der Waals surface area contributed by atoms with Gasteiger partial charge in [0, 0.05) is 5.56 Å². The first kappa shape index (κ1) is 16.3. The molecular weight excluding hydrogens is 328 g/mol. The third-order valence-electron chi connectivity index (χ3n) is 3.67. The number of hydrogen-bond acceptors (Lipinski definition) is 4. The number of ether oxygens (including phenoxy) is 2. The highest BCUT2D eigenvalue weighted by Crippen LogP contribution is 2.39. The lowest BCUT2D eigenvalue weighted by Crippen LogP contribution is -2.18. The number of benzene rings is 2. The molecule has 0 spiro atoms. The van der Waals surface area contributed by atoms with Crippen molar-refractivity contribution in [3.63, 3.8) is 0 Å². The van der Waals surface area contributed by atoms with E-state index >= 15 is 0 Å². The predicted molar refractivity (Wildman–Crippen MR) is 91.5 cm³/mol. The predicted octanol–water partition coefficient (Wildman–Crippen LogP) is 4.14. The molecule has 0 aliphatic carbocycles. The maximum absolute atomic E-state index is 12.5. The molecule has 1 unspecified atom stereocenters. The van der Waals surface area contributed by atoms with E-state index in [2.05, 4.69) is 0 Å². The van der Waals surface area contributed by atoms with Crippen LogP contribution >= 0.6 is 11.6 Å². The summed E-state index contributed by atoms with van der Waals surface area (Å²) >= 11 is 5.72. The van der Waals surface area contributed by atoms with Crippen LogP contribution in [-0.4, -0.2) is 17.1 Å². The lowest BCUT2D eigenvalue weighted by atomic mass is 10.1. The van der Waals surface area contributed by atoms with Gasteiger partial charge in [-0.3, -0.25) is 9.59 Å². The van der Waals surface area contributed by atoms with Gasteiger partial charge in [0.05, 0.1) is 5.56 Å². The second-order valence-corrected chi connectivity index (χ2v) is 6.11. The number of halogens is 1. The standard InChI is InChI=1S/C19H15ClO4/c1-11-15(24-19(22)12(2)20)9-8-14-17(21)16(23-18(11)14)10-13-6-4-3-5-7-13/h3-10,12H,1-2H3/b16-10-. The molecule has 0 amide bonds. The van der Waals surface area contributed by atoms with E-state index < -0.39 is 11.3 Å². The smallest absolute Gasteiger partial charge is 0.329 e. The van der Waals surface area contributed by atoms with Crippen molar-refractivity contribution in [2.75, 3.05) is 0 Å². The average molecular weight is 343 g/mol. The van der Waals surface area contributed by atoms with E-state index in [4.69, 9.17) is 21.1 Å². The molecule has 3 rings (SSSR count). The first-order valence-electron chi connectivity index (χ1n) is 7.46. The molecule has 0 aromatic heterocycles. The Morgan fingerprint density at radius 3 is 2.58 bits per heavy atom. The van der Waals surface area contributed by atoms with Crippen LogP contribution in [0.15, 0.2) is 48.2 Å². The lowest BCUT2D eigenvalue weighted by Gasteiger charge is -2.10. The van der Waals surface area contributed by atoms with Crippen LogP contribution < -0.4 is 9.47 Å². The fourth-order valence-corrected chi connectivity index (χ4v) is 2.41. The fraction of sp³-hybridized carbons (Fsp3) is 0.158. The van der Waals surface area contributed by atoms with E-state index in [1.807, 2.05) is 30.3 Å². The number of Topliss-reactive ketones (excluding diaryl/α,β-unsaturated/α-hetero) is 1. The van der Waals surface area contributed by atoms with Gasteiger partial charge in [0.25, 0.3) is 0 Å². The zero-order valence-electron chi connectivity index (χ0n) is 13.2. The fourth-order valence-electron chi connectivity index (χ4n) is 2.37. The molecule has 2 aromatic carbocycles. The van der Waals surface area contributed by atoms with Crippen molar-refractivity contribution in [2.24, 2.45) is 0 Å². The monoisotopic (exact) mass is 342 g/mol. The Morgan fingerprint density at radius 2 is 1.92 bits per heavy atom. The van der Waals surface area contributed by atoms with Crippen molar-refractivity contribution in [3.05, 3.63) is 64.9 Å². The Kier molecular flexibility index (Phi) is 4.40. The van der Waals surface area contributed by atoms with Crippen molar-refractivity contribution < 1.29 is 19.1 Å². The van der Waals surface area contributed by atoms with E-state index in [9.17, 15) is 9.59 Å². The van der Waals surface area contributed by atoms with Crippen LogP contribution in [0.25, 0.3) is 6.08 Å². The first-order chi connectivity index (χ1) is 11.5. The molecule has 0 fully saturated rings. The number of rotatable bonds is 3. The normalized spacial score (nSPS) is 15.8. The third kappa shape index (κ3) is 3.05. The molecule has 0 saturated carbocycles. The van der Waals surface area contributed by atoms with Crippen LogP contribution in [0.2, 0.25) is 0 Å². The van der Waals surface area contributed by atoms with Crippen LogP contribution in [-0.2, 0) is 4.79 Å². The van der Waals surface area contributed by atoms with Crippen LogP contribution in [0, 0.1) is 6.92 Å². The number of hydrogen-bond donors (Lipinski definition) is 0. The maximum atomic E-state index is 12.5. The number of esters is 1. The second kappa shape index (κ2) is 6.49. The van der Waals surface area contributed by atoms with Gasteiger partial charge in [-0.1, -0.05) is 30.3 Å². The van der Waals surface area contributed by atoms with Gasteiger partial charge in [-0.05, 0) is 37.6 Å². The van der Waals surface area contributed by atoms with Crippen LogP contribution in [0.4, 0.5) is 0 Å². The van der Waals surface area contributed by atoms with Crippen molar-refractivity contribution in [2.45, 2.75) is 19.2 Å². The largest absolute Gasteiger partial charge is 0.452 e. The Morgan fingerprint density at radius 1 is 1.21 bits per heavy atom. The van der Waals surface area contributed by atoms with Gasteiger partial charge in [0.2, 0.25) is 5.78 Å². The number of fused-ring (bicyclic) bond motifs is 1. The molecule has 1 heterocycles. The minimum Gasteiger partial charge on any atom is -0.452 e. The third-order valence-corrected chi connectivity index (χ3v) is 3.85. The van der Waals surface area contributed by atoms with E-state index in [0.717, 1.165) is 5.56 Å². The zero-order chi connectivity index (χ0) is 17.3. The van der Waals surface area contributed by atoms with Gasteiger partial charge in [-0.25, -0.2) is 0 Å². The van der Waals surface area contributed by atoms with Gasteiger partial charge in [0.15, 0.2) is 5.76 Å². The Labute approximate surface area is 144 Å². The van der Waals surface area contributed by atoms with Gasteiger partial charge >= 0.3 is 5.97 Å². The van der Waals surface area contributed by atoms with Gasteiger partial charge in [-0.15, -0.1) is 11.6 Å². The summed E-state index contributed by atoms with van der Waals surface area (Å²) in [4.78, 5) is 24.1.